The number of hydrogen-bond acceptors (Lipinski definition) is 3. The zero-order valence-corrected chi connectivity index (χ0v) is 13.7. The van der Waals surface area contributed by atoms with Crippen LogP contribution in [0.3, 0.4) is 0 Å². The lowest BCUT2D eigenvalue weighted by molar-refractivity contribution is 0.340. The SMILES string of the molecule is Cc1cccc(-n2ccnc2SC[C@@H](C)N(C)C)c1C. The van der Waals surface area contributed by atoms with Crippen molar-refractivity contribution in [1.82, 2.24) is 14.5 Å². The number of rotatable bonds is 5. The van der Waals surface area contributed by atoms with Crippen LogP contribution in [0.15, 0.2) is 35.7 Å². The minimum Gasteiger partial charge on any atom is -0.306 e. The molecule has 0 fully saturated rings. The molecule has 3 nitrogen and oxygen atoms in total. The first-order chi connectivity index (χ1) is 9.50. The van der Waals surface area contributed by atoms with Crippen LogP contribution in [-0.2, 0) is 0 Å². The molecule has 0 amide bonds. The van der Waals surface area contributed by atoms with Crippen LogP contribution >= 0.6 is 11.8 Å². The lowest BCUT2D eigenvalue weighted by atomic mass is 10.1. The summed E-state index contributed by atoms with van der Waals surface area (Å²) in [5.74, 6) is 1.04. The van der Waals surface area contributed by atoms with Gasteiger partial charge in [0.25, 0.3) is 0 Å². The Bertz CT molecular complexity index is 575. The molecule has 2 aromatic rings. The van der Waals surface area contributed by atoms with E-state index in [-0.39, 0.29) is 0 Å². The normalized spacial score (nSPS) is 12.9. The highest BCUT2D eigenvalue weighted by molar-refractivity contribution is 7.99. The van der Waals surface area contributed by atoms with Crippen LogP contribution in [-0.4, -0.2) is 40.3 Å². The number of benzene rings is 1. The maximum absolute atomic E-state index is 4.50. The first-order valence-electron chi connectivity index (χ1n) is 6.90. The van der Waals surface area contributed by atoms with Gasteiger partial charge in [0.2, 0.25) is 0 Å². The Morgan fingerprint density at radius 1 is 1.30 bits per heavy atom. The molecule has 1 aromatic heterocycles. The molecular weight excluding hydrogens is 266 g/mol. The topological polar surface area (TPSA) is 21.1 Å². The van der Waals surface area contributed by atoms with Crippen molar-refractivity contribution in [3.63, 3.8) is 0 Å². The Morgan fingerprint density at radius 2 is 2.05 bits per heavy atom. The van der Waals surface area contributed by atoms with E-state index in [0.717, 1.165) is 10.9 Å². The molecule has 0 saturated carbocycles. The summed E-state index contributed by atoms with van der Waals surface area (Å²) in [4.78, 5) is 6.74. The maximum atomic E-state index is 4.50. The van der Waals surface area contributed by atoms with Gasteiger partial charge >= 0.3 is 0 Å². The van der Waals surface area contributed by atoms with E-state index >= 15 is 0 Å². The van der Waals surface area contributed by atoms with Gasteiger partial charge in [-0.3, -0.25) is 4.57 Å². The van der Waals surface area contributed by atoms with E-state index in [0.29, 0.717) is 6.04 Å². The van der Waals surface area contributed by atoms with Gasteiger partial charge in [-0.25, -0.2) is 4.98 Å². The van der Waals surface area contributed by atoms with Crippen molar-refractivity contribution in [2.24, 2.45) is 0 Å². The van der Waals surface area contributed by atoms with Gasteiger partial charge in [-0.05, 0) is 52.1 Å². The number of hydrogen-bond donors (Lipinski definition) is 0. The van der Waals surface area contributed by atoms with Crippen LogP contribution in [0, 0.1) is 13.8 Å². The fraction of sp³-hybridized carbons (Fsp3) is 0.438. The molecule has 0 bridgehead atoms. The van der Waals surface area contributed by atoms with Crippen molar-refractivity contribution >= 4 is 11.8 Å². The maximum Gasteiger partial charge on any atom is 0.172 e. The second kappa shape index (κ2) is 6.46. The van der Waals surface area contributed by atoms with Crippen molar-refractivity contribution < 1.29 is 0 Å². The number of aromatic nitrogens is 2. The van der Waals surface area contributed by atoms with Gasteiger partial charge in [0.15, 0.2) is 5.16 Å². The zero-order chi connectivity index (χ0) is 14.7. The number of aryl methyl sites for hydroxylation is 1. The quantitative estimate of drug-likeness (QED) is 0.786. The van der Waals surface area contributed by atoms with E-state index in [4.69, 9.17) is 0 Å². The van der Waals surface area contributed by atoms with Crippen molar-refractivity contribution in [2.45, 2.75) is 32.0 Å². The number of nitrogens with zero attached hydrogens (tertiary/aromatic N) is 3. The van der Waals surface area contributed by atoms with Gasteiger partial charge in [-0.1, -0.05) is 23.9 Å². The first-order valence-corrected chi connectivity index (χ1v) is 7.88. The third-order valence-electron chi connectivity index (χ3n) is 3.78. The third kappa shape index (κ3) is 3.25. The van der Waals surface area contributed by atoms with Gasteiger partial charge in [-0.2, -0.15) is 0 Å². The van der Waals surface area contributed by atoms with E-state index < -0.39 is 0 Å². The van der Waals surface area contributed by atoms with E-state index in [1.807, 2.05) is 24.2 Å². The Morgan fingerprint density at radius 3 is 2.75 bits per heavy atom. The molecule has 0 spiro atoms. The van der Waals surface area contributed by atoms with Gasteiger partial charge < -0.3 is 4.90 Å². The van der Waals surface area contributed by atoms with E-state index in [1.54, 1.807) is 0 Å². The predicted octanol–water partition coefficient (Wildman–Crippen LogP) is 3.53. The average Bonchev–Trinajstić information content (AvgIpc) is 2.87. The van der Waals surface area contributed by atoms with Crippen LogP contribution in [0.2, 0.25) is 0 Å². The first kappa shape index (κ1) is 15.1. The summed E-state index contributed by atoms with van der Waals surface area (Å²) < 4.78 is 2.19. The predicted molar refractivity (Wildman–Crippen MR) is 86.9 cm³/mol. The van der Waals surface area contributed by atoms with Crippen LogP contribution in [0.1, 0.15) is 18.1 Å². The highest BCUT2D eigenvalue weighted by atomic mass is 32.2. The third-order valence-corrected chi connectivity index (χ3v) is 4.99. The van der Waals surface area contributed by atoms with Crippen LogP contribution in [0.5, 0.6) is 0 Å². The second-order valence-corrected chi connectivity index (χ2v) is 6.41. The van der Waals surface area contributed by atoms with Gasteiger partial charge in [0.1, 0.15) is 0 Å². The Balaban J connectivity index is 2.22. The largest absolute Gasteiger partial charge is 0.306 e. The molecule has 1 atom stereocenters. The molecular formula is C16H23N3S. The molecule has 0 aliphatic carbocycles. The minimum absolute atomic E-state index is 0.531. The van der Waals surface area contributed by atoms with Gasteiger partial charge in [0, 0.05) is 24.2 Å². The van der Waals surface area contributed by atoms with Crippen LogP contribution in [0.4, 0.5) is 0 Å². The second-order valence-electron chi connectivity index (χ2n) is 5.42. The van der Waals surface area contributed by atoms with Crippen molar-refractivity contribution in [3.05, 3.63) is 41.7 Å². The highest BCUT2D eigenvalue weighted by Crippen LogP contribution is 2.24. The molecule has 0 radical (unpaired) electrons. The fourth-order valence-corrected chi connectivity index (χ4v) is 3.04. The summed E-state index contributed by atoms with van der Waals surface area (Å²) in [6, 6.07) is 6.94. The standard InChI is InChI=1S/C16H23N3S/c1-12-7-6-8-15(14(12)3)19-10-9-17-16(19)20-11-13(2)18(4)5/h6-10,13H,11H2,1-5H3/t13-/m1/s1. The molecule has 0 saturated heterocycles. The average molecular weight is 289 g/mol. The van der Waals surface area contributed by atoms with Gasteiger partial charge in [0.05, 0.1) is 5.69 Å². The Hall–Kier alpha value is -1.26. The molecule has 108 valence electrons. The highest BCUT2D eigenvalue weighted by Gasteiger charge is 2.11. The summed E-state index contributed by atoms with van der Waals surface area (Å²) in [5.41, 5.74) is 3.85. The molecule has 0 aliphatic heterocycles. The molecule has 4 heteroatoms. The Labute approximate surface area is 126 Å². The molecule has 2 rings (SSSR count). The van der Waals surface area contributed by atoms with Crippen LogP contribution in [0.25, 0.3) is 5.69 Å². The Kier molecular flexibility index (Phi) is 4.89. The molecule has 0 unspecified atom stereocenters. The lowest BCUT2D eigenvalue weighted by Gasteiger charge is -2.19. The number of thioether (sulfide) groups is 1. The number of imidazole rings is 1. The summed E-state index contributed by atoms with van der Waals surface area (Å²) in [6.07, 6.45) is 3.93. The smallest absolute Gasteiger partial charge is 0.172 e. The van der Waals surface area contributed by atoms with Gasteiger partial charge in [-0.15, -0.1) is 0 Å². The fourth-order valence-electron chi connectivity index (χ4n) is 1.92. The van der Waals surface area contributed by atoms with Crippen molar-refractivity contribution in [1.29, 1.82) is 0 Å². The lowest BCUT2D eigenvalue weighted by Crippen LogP contribution is -2.26. The molecule has 20 heavy (non-hydrogen) atoms. The van der Waals surface area contributed by atoms with Crippen molar-refractivity contribution in [2.75, 3.05) is 19.8 Å². The summed E-state index contributed by atoms with van der Waals surface area (Å²) in [5, 5.41) is 1.06. The summed E-state index contributed by atoms with van der Waals surface area (Å²) in [6.45, 7) is 6.55. The van der Waals surface area contributed by atoms with E-state index in [1.165, 1.54) is 16.8 Å². The summed E-state index contributed by atoms with van der Waals surface area (Å²) >= 11 is 1.81. The van der Waals surface area contributed by atoms with E-state index in [2.05, 4.69) is 67.5 Å². The molecule has 0 N–H and O–H groups in total. The van der Waals surface area contributed by atoms with E-state index in [9.17, 15) is 0 Å². The van der Waals surface area contributed by atoms with Crippen molar-refractivity contribution in [3.8, 4) is 5.69 Å². The monoisotopic (exact) mass is 289 g/mol. The minimum atomic E-state index is 0.531. The zero-order valence-electron chi connectivity index (χ0n) is 12.9. The summed E-state index contributed by atoms with van der Waals surface area (Å²) in [7, 11) is 4.23. The molecule has 0 aliphatic rings. The molecule has 1 aromatic carbocycles. The van der Waals surface area contributed by atoms with Crippen LogP contribution < -0.4 is 0 Å². The molecule has 1 heterocycles.